The molecule has 11 nitrogen and oxygen atoms in total. The van der Waals surface area contributed by atoms with Crippen molar-refractivity contribution in [1.82, 2.24) is 24.8 Å². The van der Waals surface area contributed by atoms with Crippen molar-refractivity contribution in [3.63, 3.8) is 0 Å². The van der Waals surface area contributed by atoms with E-state index in [0.29, 0.717) is 30.0 Å². The zero-order chi connectivity index (χ0) is 32.5. The highest BCUT2D eigenvalue weighted by Gasteiger charge is 2.56. The van der Waals surface area contributed by atoms with Gasteiger partial charge in [-0.1, -0.05) is 12.1 Å². The lowest BCUT2D eigenvalue weighted by Crippen LogP contribution is -2.52. The van der Waals surface area contributed by atoms with Gasteiger partial charge in [-0.25, -0.2) is 23.2 Å². The van der Waals surface area contributed by atoms with Crippen molar-refractivity contribution >= 4 is 39.3 Å². The van der Waals surface area contributed by atoms with Crippen molar-refractivity contribution in [3.8, 4) is 5.75 Å². The van der Waals surface area contributed by atoms with Crippen LogP contribution in [0.5, 0.6) is 5.75 Å². The monoisotopic (exact) mass is 653 g/mol. The molecule has 2 aromatic carbocycles. The Morgan fingerprint density at radius 3 is 2.65 bits per heavy atom. The van der Waals surface area contributed by atoms with Crippen LogP contribution in [0.2, 0.25) is 0 Å². The lowest BCUT2D eigenvalue weighted by molar-refractivity contribution is -0.218. The zero-order valence-electron chi connectivity index (χ0n) is 24.3. The van der Waals surface area contributed by atoms with Gasteiger partial charge in [0, 0.05) is 43.0 Å². The molecule has 1 spiro atoms. The fourth-order valence-electron chi connectivity index (χ4n) is 6.50. The summed E-state index contributed by atoms with van der Waals surface area (Å²) >= 11 is 1.43. The summed E-state index contributed by atoms with van der Waals surface area (Å²) in [5, 5.41) is 15.2. The van der Waals surface area contributed by atoms with Crippen molar-refractivity contribution in [2.45, 2.75) is 57.0 Å². The number of hydrogen-bond acceptors (Lipinski definition) is 8. The molecule has 2 bridgehead atoms. The number of fused-ring (bicyclic) bond motifs is 6. The maximum atomic E-state index is 14.2. The average Bonchev–Trinajstić information content (AvgIpc) is 3.53. The molecule has 0 saturated carbocycles. The van der Waals surface area contributed by atoms with Crippen LogP contribution in [0, 0.1) is 17.5 Å². The summed E-state index contributed by atoms with van der Waals surface area (Å²) in [7, 11) is 0. The van der Waals surface area contributed by atoms with E-state index >= 15 is 0 Å². The molecule has 238 valence electrons. The van der Waals surface area contributed by atoms with Gasteiger partial charge < -0.3 is 19.9 Å². The van der Waals surface area contributed by atoms with Crippen LogP contribution in [0.25, 0.3) is 10.2 Å². The molecule has 3 aliphatic heterocycles. The van der Waals surface area contributed by atoms with Gasteiger partial charge in [0.25, 0.3) is 11.8 Å². The Labute approximate surface area is 262 Å². The van der Waals surface area contributed by atoms with E-state index in [4.69, 9.17) is 4.84 Å². The number of para-hydroxylation sites is 1. The number of aromatic nitrogens is 2. The summed E-state index contributed by atoms with van der Waals surface area (Å²) in [6.07, 6.45) is 1.81. The van der Waals surface area contributed by atoms with Gasteiger partial charge in [-0.3, -0.25) is 24.0 Å². The predicted octanol–water partition coefficient (Wildman–Crippen LogP) is 3.79. The molecule has 15 heteroatoms. The Morgan fingerprint density at radius 1 is 1.17 bits per heavy atom. The van der Waals surface area contributed by atoms with Crippen LogP contribution >= 0.6 is 11.3 Å². The van der Waals surface area contributed by atoms with Gasteiger partial charge in [0.15, 0.2) is 11.4 Å². The summed E-state index contributed by atoms with van der Waals surface area (Å²) in [4.78, 5) is 66.0. The van der Waals surface area contributed by atoms with E-state index in [0.717, 1.165) is 16.4 Å². The highest BCUT2D eigenvalue weighted by Crippen LogP contribution is 2.47. The lowest BCUT2D eigenvalue weighted by atomic mass is 9.85. The van der Waals surface area contributed by atoms with Crippen LogP contribution in [0.4, 0.5) is 13.2 Å². The molecule has 3 aliphatic rings. The van der Waals surface area contributed by atoms with Crippen molar-refractivity contribution in [2.75, 3.05) is 6.54 Å². The van der Waals surface area contributed by atoms with Gasteiger partial charge in [-0.15, -0.1) is 11.3 Å². The van der Waals surface area contributed by atoms with Gasteiger partial charge in [-0.2, -0.15) is 0 Å². The van der Waals surface area contributed by atoms with E-state index in [1.165, 1.54) is 25.9 Å². The molecule has 2 saturated heterocycles. The first-order valence-corrected chi connectivity index (χ1v) is 15.3. The number of aromatic hydroxyl groups is 1. The number of nitrogens with zero attached hydrogens (tertiary/aromatic N) is 4. The quantitative estimate of drug-likeness (QED) is 0.335. The number of pyridine rings is 1. The molecular weight excluding hydrogens is 627 g/mol. The van der Waals surface area contributed by atoms with Crippen molar-refractivity contribution in [2.24, 2.45) is 0 Å². The first-order chi connectivity index (χ1) is 22.0. The molecule has 0 aliphatic carbocycles. The number of benzene rings is 2. The Kier molecular flexibility index (Phi) is 7.12. The number of rotatable bonds is 5. The number of carbonyl (C=O) groups excluding carboxylic acids is 3. The number of carbonyl (C=O) groups is 3. The topological polar surface area (TPSA) is 134 Å². The minimum absolute atomic E-state index is 0.0601. The Hall–Kier alpha value is -4.76. The zero-order valence-corrected chi connectivity index (χ0v) is 25.1. The van der Waals surface area contributed by atoms with E-state index in [2.05, 4.69) is 10.3 Å². The summed E-state index contributed by atoms with van der Waals surface area (Å²) < 4.78 is 44.0. The largest absolute Gasteiger partial charge is 0.503 e. The molecule has 2 N–H and O–H groups in total. The highest BCUT2D eigenvalue weighted by atomic mass is 32.1. The lowest BCUT2D eigenvalue weighted by Gasteiger charge is -2.42. The molecule has 0 unspecified atom stereocenters. The maximum Gasteiger partial charge on any atom is 0.274 e. The smallest absolute Gasteiger partial charge is 0.274 e. The van der Waals surface area contributed by atoms with Crippen molar-refractivity contribution < 1.29 is 37.5 Å². The standard InChI is InChI=1S/C31H26F3N5O6S/c1-15-6-7-31(10-25(40)39(45-31)14-24-36-21-4-2-3-5-22(21)46-24)23-13-37(15)30(44)26-28(42)27(41)18(12-38(23)26)29(43)35-11-17-19(33)8-16(32)9-20(17)34/h2-5,8-9,12,15,23,42H,6-7,10-11,13-14H2,1H3,(H,35,43)/t15-,23+,31-/m0/s1. The first-order valence-electron chi connectivity index (χ1n) is 14.5. The van der Waals surface area contributed by atoms with Crippen LogP contribution in [-0.2, 0) is 22.7 Å². The first kappa shape index (κ1) is 29.9. The normalized spacial score (nSPS) is 22.4. The van der Waals surface area contributed by atoms with E-state index in [-0.39, 0.29) is 37.2 Å². The Bertz CT molecular complexity index is 1960. The molecule has 4 aromatic rings. The third kappa shape index (κ3) is 4.81. The number of thiazole rings is 1. The van der Waals surface area contributed by atoms with Crippen LogP contribution < -0.4 is 10.7 Å². The van der Waals surface area contributed by atoms with E-state index in [9.17, 15) is 37.5 Å². The van der Waals surface area contributed by atoms with Crippen molar-refractivity contribution in [3.05, 3.63) is 92.1 Å². The highest BCUT2D eigenvalue weighted by molar-refractivity contribution is 7.18. The minimum atomic E-state index is -1.23. The molecular formula is C31H26F3N5O6S. The van der Waals surface area contributed by atoms with Gasteiger partial charge in [0.05, 0.1) is 22.7 Å². The number of nitrogens with one attached hydrogen (secondary N) is 1. The fourth-order valence-corrected chi connectivity index (χ4v) is 7.45. The molecule has 3 atom stereocenters. The summed E-state index contributed by atoms with van der Waals surface area (Å²) in [5.74, 6) is -6.63. The second kappa shape index (κ2) is 10.9. The molecule has 7 rings (SSSR count). The van der Waals surface area contributed by atoms with Gasteiger partial charge in [-0.05, 0) is 31.9 Å². The fraction of sp³-hybridized carbons (Fsp3) is 0.323. The van der Waals surface area contributed by atoms with Gasteiger partial charge >= 0.3 is 0 Å². The third-order valence-electron chi connectivity index (χ3n) is 8.92. The second-order valence-electron chi connectivity index (χ2n) is 11.7. The molecule has 46 heavy (non-hydrogen) atoms. The number of hydrogen-bond donors (Lipinski definition) is 2. The van der Waals surface area contributed by atoms with E-state index < -0.39 is 69.8 Å². The average molecular weight is 654 g/mol. The molecule has 2 aromatic heterocycles. The van der Waals surface area contributed by atoms with Crippen LogP contribution in [-0.4, -0.2) is 60.5 Å². The summed E-state index contributed by atoms with van der Waals surface area (Å²) in [6.45, 7) is 1.24. The maximum absolute atomic E-state index is 14.2. The molecule has 2 fully saturated rings. The molecule has 3 amide bonds. The number of hydroxylamine groups is 2. The second-order valence-corrected chi connectivity index (χ2v) is 12.8. The van der Waals surface area contributed by atoms with Crippen LogP contribution in [0.1, 0.15) is 63.6 Å². The Morgan fingerprint density at radius 2 is 1.91 bits per heavy atom. The summed E-state index contributed by atoms with van der Waals surface area (Å²) in [5.41, 5.74) is -3.18. The minimum Gasteiger partial charge on any atom is -0.503 e. The van der Waals surface area contributed by atoms with Gasteiger partial charge in [0.1, 0.15) is 40.2 Å². The van der Waals surface area contributed by atoms with Crippen molar-refractivity contribution in [1.29, 1.82) is 0 Å². The molecule has 0 radical (unpaired) electrons. The summed E-state index contributed by atoms with van der Waals surface area (Å²) in [6, 6.07) is 7.34. The van der Waals surface area contributed by atoms with Gasteiger partial charge in [0.2, 0.25) is 11.3 Å². The SMILES string of the molecule is C[C@H]1CC[C@]2(CC(=O)N(Cc3nc4ccccc4s3)O2)[C@H]2CN1C(=O)c1c(O)c(=O)c(C(=O)NCc3c(F)cc(F)cc3F)cn12. The Balaban J connectivity index is 1.24. The third-order valence-corrected chi connectivity index (χ3v) is 9.94. The van der Waals surface area contributed by atoms with Crippen LogP contribution in [0.3, 0.4) is 0 Å². The van der Waals surface area contributed by atoms with E-state index in [1.807, 2.05) is 31.2 Å². The predicted molar refractivity (Wildman–Crippen MR) is 157 cm³/mol. The van der Waals surface area contributed by atoms with Crippen LogP contribution in [0.15, 0.2) is 47.4 Å². The number of halogens is 3. The van der Waals surface area contributed by atoms with E-state index in [1.54, 1.807) is 0 Å². The number of amides is 3. The molecule has 5 heterocycles.